The van der Waals surface area contributed by atoms with Gasteiger partial charge in [-0.25, -0.2) is 12.8 Å². The maximum Gasteiger partial charge on any atom is 0.246 e. The van der Waals surface area contributed by atoms with Crippen LogP contribution in [0.4, 0.5) is 4.39 Å². The highest BCUT2D eigenvalue weighted by Gasteiger charge is 2.37. The fraction of sp³-hybridized carbons (Fsp3) is 0.333. The highest BCUT2D eigenvalue weighted by Crippen LogP contribution is 2.34. The third-order valence-electron chi connectivity index (χ3n) is 4.42. The summed E-state index contributed by atoms with van der Waals surface area (Å²) < 4.78 is 52.4. The molecule has 1 saturated heterocycles. The highest BCUT2D eigenvalue weighted by atomic mass is 35.5. The van der Waals surface area contributed by atoms with E-state index in [1.807, 2.05) is 18.2 Å². The van der Waals surface area contributed by atoms with E-state index in [0.717, 1.165) is 11.6 Å². The molecule has 1 fully saturated rings. The van der Waals surface area contributed by atoms with Gasteiger partial charge in [-0.2, -0.15) is 4.31 Å². The Bertz CT molecular complexity index is 895. The number of hydrogen-bond acceptors (Lipinski definition) is 5. The van der Waals surface area contributed by atoms with E-state index < -0.39 is 21.9 Å². The summed E-state index contributed by atoms with van der Waals surface area (Å²) in [5.74, 6) is 0.0290. The molecule has 0 amide bonds. The molecule has 1 aliphatic heterocycles. The summed E-state index contributed by atoms with van der Waals surface area (Å²) in [6, 6.07) is 10.5. The Morgan fingerprint density at radius 1 is 1.15 bits per heavy atom. The first kappa shape index (κ1) is 21.4. The Morgan fingerprint density at radius 3 is 2.56 bits per heavy atom. The van der Waals surface area contributed by atoms with Gasteiger partial charge in [-0.15, -0.1) is 12.4 Å². The van der Waals surface area contributed by atoms with Crippen LogP contribution < -0.4 is 14.8 Å². The number of para-hydroxylation sites is 1. The van der Waals surface area contributed by atoms with Gasteiger partial charge in [-0.05, 0) is 18.2 Å². The van der Waals surface area contributed by atoms with Gasteiger partial charge in [0.05, 0.1) is 20.3 Å². The van der Waals surface area contributed by atoms with Crippen molar-refractivity contribution in [3.8, 4) is 11.5 Å². The first-order valence-electron chi connectivity index (χ1n) is 8.18. The maximum absolute atomic E-state index is 14.4. The fourth-order valence-corrected chi connectivity index (χ4v) is 4.78. The Hall–Kier alpha value is -1.87. The van der Waals surface area contributed by atoms with Gasteiger partial charge in [0.15, 0.2) is 0 Å². The van der Waals surface area contributed by atoms with E-state index in [9.17, 15) is 12.8 Å². The van der Waals surface area contributed by atoms with Crippen LogP contribution in [0.2, 0.25) is 0 Å². The van der Waals surface area contributed by atoms with Crippen molar-refractivity contribution in [1.82, 2.24) is 9.62 Å². The molecule has 0 aliphatic carbocycles. The number of benzene rings is 2. The lowest BCUT2D eigenvalue weighted by Gasteiger charge is -2.36. The Labute approximate surface area is 164 Å². The van der Waals surface area contributed by atoms with Gasteiger partial charge < -0.3 is 14.8 Å². The predicted octanol–water partition coefficient (Wildman–Crippen LogP) is 2.60. The SMILES string of the molecule is COc1ccc(S(=O)(=O)N2CCNCC2c2ccccc2OC)c(F)c1.Cl. The third-order valence-corrected chi connectivity index (χ3v) is 6.36. The summed E-state index contributed by atoms with van der Waals surface area (Å²) in [4.78, 5) is -0.361. The van der Waals surface area contributed by atoms with E-state index in [-0.39, 0.29) is 29.6 Å². The maximum atomic E-state index is 14.4. The summed E-state index contributed by atoms with van der Waals surface area (Å²) in [6.45, 7) is 1.14. The third kappa shape index (κ3) is 4.19. The van der Waals surface area contributed by atoms with Gasteiger partial charge in [-0.3, -0.25) is 0 Å². The molecule has 1 N–H and O–H groups in total. The molecule has 0 spiro atoms. The lowest BCUT2D eigenvalue weighted by molar-refractivity contribution is 0.264. The summed E-state index contributed by atoms with van der Waals surface area (Å²) in [5.41, 5.74) is 0.736. The molecule has 1 heterocycles. The molecule has 0 aromatic heterocycles. The van der Waals surface area contributed by atoms with Crippen LogP contribution in [0, 0.1) is 5.82 Å². The molecule has 0 saturated carbocycles. The molecular formula is C18H22ClFN2O4S. The second kappa shape index (κ2) is 8.88. The second-order valence-electron chi connectivity index (χ2n) is 5.87. The van der Waals surface area contributed by atoms with Crippen molar-refractivity contribution in [2.24, 2.45) is 0 Å². The Kier molecular flexibility index (Phi) is 7.05. The number of rotatable bonds is 5. The minimum Gasteiger partial charge on any atom is -0.497 e. The van der Waals surface area contributed by atoms with Gasteiger partial charge in [0.2, 0.25) is 10.0 Å². The zero-order valence-electron chi connectivity index (χ0n) is 15.0. The van der Waals surface area contributed by atoms with Gasteiger partial charge in [-0.1, -0.05) is 18.2 Å². The Morgan fingerprint density at radius 2 is 1.89 bits per heavy atom. The summed E-state index contributed by atoms with van der Waals surface area (Å²) in [5, 5.41) is 3.20. The lowest BCUT2D eigenvalue weighted by Crippen LogP contribution is -2.48. The molecule has 1 unspecified atom stereocenters. The molecule has 148 valence electrons. The normalized spacial score (nSPS) is 17.8. The number of sulfonamides is 1. The molecule has 3 rings (SSSR count). The number of piperazine rings is 1. The number of hydrogen-bond donors (Lipinski definition) is 1. The quantitative estimate of drug-likeness (QED) is 0.811. The molecular weight excluding hydrogens is 395 g/mol. The molecule has 2 aromatic rings. The Balaban J connectivity index is 0.00000261. The average molecular weight is 417 g/mol. The van der Waals surface area contributed by atoms with Crippen molar-refractivity contribution in [2.75, 3.05) is 33.9 Å². The van der Waals surface area contributed by atoms with Crippen LogP contribution in [0.25, 0.3) is 0 Å². The summed E-state index contributed by atoms with van der Waals surface area (Å²) >= 11 is 0. The zero-order valence-corrected chi connectivity index (χ0v) is 16.6. The van der Waals surface area contributed by atoms with Crippen LogP contribution in [0.15, 0.2) is 47.4 Å². The number of halogens is 2. The van der Waals surface area contributed by atoms with E-state index in [1.54, 1.807) is 6.07 Å². The number of ether oxygens (including phenoxy) is 2. The van der Waals surface area contributed by atoms with Crippen LogP contribution >= 0.6 is 12.4 Å². The van der Waals surface area contributed by atoms with Gasteiger partial charge in [0, 0.05) is 31.3 Å². The molecule has 9 heteroatoms. The highest BCUT2D eigenvalue weighted by molar-refractivity contribution is 7.89. The number of nitrogens with one attached hydrogen (secondary N) is 1. The van der Waals surface area contributed by atoms with Crippen LogP contribution in [0.5, 0.6) is 11.5 Å². The van der Waals surface area contributed by atoms with Crippen molar-refractivity contribution in [2.45, 2.75) is 10.9 Å². The van der Waals surface area contributed by atoms with Crippen LogP contribution in [-0.4, -0.2) is 46.6 Å². The van der Waals surface area contributed by atoms with Crippen molar-refractivity contribution in [3.63, 3.8) is 0 Å². The first-order chi connectivity index (χ1) is 12.5. The molecule has 0 bridgehead atoms. The van der Waals surface area contributed by atoms with E-state index in [4.69, 9.17) is 9.47 Å². The zero-order chi connectivity index (χ0) is 18.7. The molecule has 6 nitrogen and oxygen atoms in total. The van der Waals surface area contributed by atoms with Crippen molar-refractivity contribution in [3.05, 3.63) is 53.8 Å². The molecule has 1 aliphatic rings. The molecule has 1 atom stereocenters. The smallest absolute Gasteiger partial charge is 0.246 e. The van der Waals surface area contributed by atoms with Crippen LogP contribution in [-0.2, 0) is 10.0 Å². The second-order valence-corrected chi connectivity index (χ2v) is 7.73. The van der Waals surface area contributed by atoms with Gasteiger partial charge in [0.1, 0.15) is 22.2 Å². The van der Waals surface area contributed by atoms with Crippen molar-refractivity contribution < 1.29 is 22.3 Å². The monoisotopic (exact) mass is 416 g/mol. The van der Waals surface area contributed by atoms with Crippen molar-refractivity contribution >= 4 is 22.4 Å². The number of nitrogens with zero attached hydrogens (tertiary/aromatic N) is 1. The van der Waals surface area contributed by atoms with E-state index in [2.05, 4.69) is 5.32 Å². The lowest BCUT2D eigenvalue weighted by atomic mass is 10.0. The predicted molar refractivity (Wildman–Crippen MR) is 103 cm³/mol. The first-order valence-corrected chi connectivity index (χ1v) is 9.62. The van der Waals surface area contributed by atoms with E-state index >= 15 is 0 Å². The molecule has 27 heavy (non-hydrogen) atoms. The number of methoxy groups -OCH3 is 2. The van der Waals surface area contributed by atoms with Crippen LogP contribution in [0.3, 0.4) is 0 Å². The standard InChI is InChI=1S/C18H21FN2O4S.ClH/c1-24-13-7-8-18(15(19)11-13)26(22,23)21-10-9-20-12-16(21)14-5-3-4-6-17(14)25-2;/h3-8,11,16,20H,9-10,12H2,1-2H3;1H. The average Bonchev–Trinajstić information content (AvgIpc) is 2.67. The minimum absolute atomic E-state index is 0. The topological polar surface area (TPSA) is 67.9 Å². The van der Waals surface area contributed by atoms with Crippen LogP contribution in [0.1, 0.15) is 11.6 Å². The minimum atomic E-state index is -4.03. The van der Waals surface area contributed by atoms with E-state index in [1.165, 1.54) is 30.7 Å². The van der Waals surface area contributed by atoms with Gasteiger partial charge >= 0.3 is 0 Å². The fourth-order valence-electron chi connectivity index (χ4n) is 3.12. The molecule has 2 aromatic carbocycles. The summed E-state index contributed by atoms with van der Waals surface area (Å²) in [7, 11) is -1.09. The van der Waals surface area contributed by atoms with E-state index in [0.29, 0.717) is 18.8 Å². The van der Waals surface area contributed by atoms with Crippen molar-refractivity contribution in [1.29, 1.82) is 0 Å². The summed E-state index contributed by atoms with van der Waals surface area (Å²) in [6.07, 6.45) is 0. The van der Waals surface area contributed by atoms with Gasteiger partial charge in [0.25, 0.3) is 0 Å². The largest absolute Gasteiger partial charge is 0.497 e. The molecule has 0 radical (unpaired) electrons.